The summed E-state index contributed by atoms with van der Waals surface area (Å²) in [6.45, 7) is 2.30. The van der Waals surface area contributed by atoms with E-state index in [9.17, 15) is 14.4 Å². The molecule has 12 heavy (non-hydrogen) atoms. The van der Waals surface area contributed by atoms with Gasteiger partial charge in [0, 0.05) is 0 Å². The van der Waals surface area contributed by atoms with Crippen LogP contribution in [-0.4, -0.2) is 28.7 Å². The third-order valence-electron chi connectivity index (χ3n) is 1.52. The number of nitrogens with two attached hydrogens (primary N) is 1. The molecular weight excluding hydrogens is 162 g/mol. The van der Waals surface area contributed by atoms with Crippen molar-refractivity contribution >= 4 is 17.5 Å². The number of hydrogen-bond acceptors (Lipinski definition) is 4. The van der Waals surface area contributed by atoms with Gasteiger partial charge in [0.05, 0.1) is 0 Å². The van der Waals surface area contributed by atoms with E-state index in [0.29, 0.717) is 0 Å². The topological polar surface area (TPSA) is 97.5 Å². The Labute approximate surface area is 69.5 Å². The molecule has 5 heteroatoms. The minimum Gasteiger partial charge on any atom is -0.480 e. The van der Waals surface area contributed by atoms with E-state index in [1.807, 2.05) is 0 Å². The van der Waals surface area contributed by atoms with E-state index in [4.69, 9.17) is 10.8 Å². The summed E-state index contributed by atoms with van der Waals surface area (Å²) >= 11 is 0. The predicted octanol–water partition coefficient (Wildman–Crippen LogP) is -0.807. The Morgan fingerprint density at radius 3 is 1.58 bits per heavy atom. The van der Waals surface area contributed by atoms with Gasteiger partial charge in [-0.3, -0.25) is 14.4 Å². The van der Waals surface area contributed by atoms with Gasteiger partial charge in [-0.15, -0.1) is 0 Å². The van der Waals surface area contributed by atoms with E-state index in [-0.39, 0.29) is 0 Å². The molecule has 0 aromatic heterocycles. The number of carbonyl (C=O) groups is 3. The van der Waals surface area contributed by atoms with Crippen LogP contribution in [0.15, 0.2) is 0 Å². The lowest BCUT2D eigenvalue weighted by molar-refractivity contribution is -0.145. The molecule has 0 bridgehead atoms. The molecule has 68 valence electrons. The summed E-state index contributed by atoms with van der Waals surface area (Å²) in [5.41, 5.74) is 5.12. The van der Waals surface area contributed by atoms with Crippen LogP contribution in [0.2, 0.25) is 0 Å². The van der Waals surface area contributed by atoms with Crippen LogP contribution in [-0.2, 0) is 14.4 Å². The molecule has 0 unspecified atom stereocenters. The SMILES string of the molecule is CC(=O)C(C(C)=O)[C@H](N)C(=O)O. The first-order valence-corrected chi connectivity index (χ1v) is 3.37. The first kappa shape index (κ1) is 10.8. The number of ketones is 2. The Hall–Kier alpha value is -1.23. The molecule has 0 heterocycles. The molecule has 1 atom stereocenters. The molecule has 0 aromatic rings. The minimum absolute atomic E-state index is 0.516. The van der Waals surface area contributed by atoms with Crippen molar-refractivity contribution in [3.05, 3.63) is 0 Å². The molecule has 0 aliphatic carbocycles. The van der Waals surface area contributed by atoms with Gasteiger partial charge in [-0.05, 0) is 13.8 Å². The van der Waals surface area contributed by atoms with Gasteiger partial charge < -0.3 is 10.8 Å². The lowest BCUT2D eigenvalue weighted by Crippen LogP contribution is -2.44. The second-order valence-electron chi connectivity index (χ2n) is 2.56. The maximum Gasteiger partial charge on any atom is 0.321 e. The van der Waals surface area contributed by atoms with Crippen molar-refractivity contribution in [2.24, 2.45) is 11.7 Å². The van der Waals surface area contributed by atoms with Gasteiger partial charge in [0.25, 0.3) is 0 Å². The van der Waals surface area contributed by atoms with Crippen molar-refractivity contribution in [3.63, 3.8) is 0 Å². The van der Waals surface area contributed by atoms with Crippen LogP contribution in [0.3, 0.4) is 0 Å². The van der Waals surface area contributed by atoms with Gasteiger partial charge in [-0.2, -0.15) is 0 Å². The highest BCUT2D eigenvalue weighted by Gasteiger charge is 2.31. The first-order valence-electron chi connectivity index (χ1n) is 3.37. The Bertz CT molecular complexity index is 209. The van der Waals surface area contributed by atoms with Gasteiger partial charge in [0.15, 0.2) is 0 Å². The Kier molecular flexibility index (Phi) is 3.56. The molecule has 0 rings (SSSR count). The second-order valence-corrected chi connectivity index (χ2v) is 2.56. The molecule has 0 saturated heterocycles. The Morgan fingerprint density at radius 2 is 1.50 bits per heavy atom. The normalized spacial score (nSPS) is 12.7. The fourth-order valence-corrected chi connectivity index (χ4v) is 0.935. The molecule has 0 amide bonds. The second kappa shape index (κ2) is 3.96. The summed E-state index contributed by atoms with van der Waals surface area (Å²) in [7, 11) is 0. The fraction of sp³-hybridized carbons (Fsp3) is 0.571. The fourth-order valence-electron chi connectivity index (χ4n) is 0.935. The average Bonchev–Trinajstić information content (AvgIpc) is 1.85. The highest BCUT2D eigenvalue weighted by molar-refractivity contribution is 6.04. The summed E-state index contributed by atoms with van der Waals surface area (Å²) in [5, 5.41) is 8.42. The number of hydrogen-bond donors (Lipinski definition) is 2. The zero-order valence-corrected chi connectivity index (χ0v) is 6.90. The quantitative estimate of drug-likeness (QED) is 0.542. The Morgan fingerprint density at radius 1 is 1.17 bits per heavy atom. The van der Waals surface area contributed by atoms with E-state index in [1.165, 1.54) is 0 Å². The summed E-state index contributed by atoms with van der Waals surface area (Å²) in [6, 6.07) is -1.43. The van der Waals surface area contributed by atoms with Gasteiger partial charge in [-0.25, -0.2) is 0 Å². The molecule has 5 nitrogen and oxygen atoms in total. The number of carboxylic acids is 1. The lowest BCUT2D eigenvalue weighted by atomic mass is 9.93. The first-order chi connectivity index (χ1) is 5.37. The van der Waals surface area contributed by atoms with E-state index in [2.05, 4.69) is 0 Å². The molecule has 0 fully saturated rings. The van der Waals surface area contributed by atoms with Crippen LogP contribution in [0.1, 0.15) is 13.8 Å². The molecule has 3 N–H and O–H groups in total. The summed E-state index contributed by atoms with van der Waals surface area (Å²) in [6.07, 6.45) is 0. The van der Waals surface area contributed by atoms with Gasteiger partial charge >= 0.3 is 5.97 Å². The van der Waals surface area contributed by atoms with Gasteiger partial charge in [0.2, 0.25) is 0 Å². The van der Waals surface area contributed by atoms with Crippen LogP contribution < -0.4 is 5.73 Å². The maximum absolute atomic E-state index is 10.8. The number of carboxylic acid groups (broad SMARTS) is 1. The van der Waals surface area contributed by atoms with Crippen LogP contribution in [0.4, 0.5) is 0 Å². The zero-order chi connectivity index (χ0) is 9.89. The largest absolute Gasteiger partial charge is 0.480 e. The number of carbonyl (C=O) groups excluding carboxylic acids is 2. The minimum atomic E-state index is -1.43. The van der Waals surface area contributed by atoms with Gasteiger partial charge in [0.1, 0.15) is 23.5 Å². The van der Waals surface area contributed by atoms with Crippen molar-refractivity contribution in [2.75, 3.05) is 0 Å². The van der Waals surface area contributed by atoms with Gasteiger partial charge in [-0.1, -0.05) is 0 Å². The average molecular weight is 173 g/mol. The van der Waals surface area contributed by atoms with Crippen LogP contribution in [0.5, 0.6) is 0 Å². The third-order valence-corrected chi connectivity index (χ3v) is 1.52. The highest BCUT2D eigenvalue weighted by atomic mass is 16.4. The standard InChI is InChI=1S/C7H11NO4/c1-3(9)5(4(2)10)6(8)7(11)12/h5-6H,8H2,1-2H3,(H,11,12)/t6-/m0/s1. The summed E-state index contributed by atoms with van der Waals surface area (Å²) in [4.78, 5) is 31.9. The lowest BCUT2D eigenvalue weighted by Gasteiger charge is -2.13. The predicted molar refractivity (Wildman–Crippen MR) is 40.5 cm³/mol. The van der Waals surface area contributed by atoms with E-state index in [0.717, 1.165) is 13.8 Å². The molecule has 0 saturated carbocycles. The molecule has 0 spiro atoms. The molecule has 0 aliphatic heterocycles. The van der Waals surface area contributed by atoms with E-state index in [1.54, 1.807) is 0 Å². The zero-order valence-electron chi connectivity index (χ0n) is 6.90. The molecule has 0 aliphatic rings. The van der Waals surface area contributed by atoms with E-state index >= 15 is 0 Å². The number of rotatable bonds is 4. The number of Topliss-reactive ketones (excluding diaryl/α,β-unsaturated/α-hetero) is 2. The van der Waals surface area contributed by atoms with Crippen molar-refractivity contribution in [1.29, 1.82) is 0 Å². The summed E-state index contributed by atoms with van der Waals surface area (Å²) in [5.74, 6) is -3.59. The molecular formula is C7H11NO4. The van der Waals surface area contributed by atoms with Crippen LogP contribution in [0, 0.1) is 5.92 Å². The van der Waals surface area contributed by atoms with Crippen LogP contribution >= 0.6 is 0 Å². The molecule has 0 radical (unpaired) electrons. The highest BCUT2D eigenvalue weighted by Crippen LogP contribution is 2.05. The monoisotopic (exact) mass is 173 g/mol. The van der Waals surface area contributed by atoms with Crippen molar-refractivity contribution < 1.29 is 19.5 Å². The van der Waals surface area contributed by atoms with Crippen molar-refractivity contribution in [3.8, 4) is 0 Å². The summed E-state index contributed by atoms with van der Waals surface area (Å²) < 4.78 is 0. The van der Waals surface area contributed by atoms with E-state index < -0.39 is 29.5 Å². The van der Waals surface area contributed by atoms with Crippen LogP contribution in [0.25, 0.3) is 0 Å². The third kappa shape index (κ3) is 2.43. The molecule has 0 aromatic carbocycles. The smallest absolute Gasteiger partial charge is 0.321 e. The Balaban J connectivity index is 4.63. The maximum atomic E-state index is 10.8. The number of aliphatic carboxylic acids is 1. The van der Waals surface area contributed by atoms with Crippen molar-refractivity contribution in [1.82, 2.24) is 0 Å². The van der Waals surface area contributed by atoms with Crippen molar-refractivity contribution in [2.45, 2.75) is 19.9 Å².